The van der Waals surface area contributed by atoms with E-state index in [0.29, 0.717) is 11.3 Å². The number of aromatic carboxylic acids is 1. The van der Waals surface area contributed by atoms with Crippen molar-refractivity contribution in [3.05, 3.63) is 51.3 Å². The summed E-state index contributed by atoms with van der Waals surface area (Å²) in [6, 6.07) is 5.82. The van der Waals surface area contributed by atoms with Crippen molar-refractivity contribution in [2.24, 2.45) is 0 Å². The quantitative estimate of drug-likeness (QED) is 0.904. The van der Waals surface area contributed by atoms with Crippen LogP contribution in [0.5, 0.6) is 0 Å². The molecule has 108 valence electrons. The average molecular weight is 326 g/mol. The fraction of sp³-hybridized carbons (Fsp3) is 0.0769. The molecule has 1 aromatic carbocycles. The molecule has 1 heterocycles. The third-order valence-electron chi connectivity index (χ3n) is 2.69. The Balaban J connectivity index is 2.29. The summed E-state index contributed by atoms with van der Waals surface area (Å²) >= 11 is 11.4. The summed E-state index contributed by atoms with van der Waals surface area (Å²) in [7, 11) is 0. The molecule has 0 bridgehead atoms. The number of carboxylic acid groups (broad SMARTS) is 1. The zero-order chi connectivity index (χ0) is 15.6. The second-order valence-electron chi connectivity index (χ2n) is 4.16. The molecule has 0 unspecified atom stereocenters. The molecule has 1 amide bonds. The monoisotopic (exact) mass is 325 g/mol. The molecule has 6 nitrogen and oxygen atoms in total. The molecule has 0 aliphatic carbocycles. The molecule has 2 N–H and O–H groups in total. The summed E-state index contributed by atoms with van der Waals surface area (Å²) in [6.07, 6.45) is 0. The van der Waals surface area contributed by atoms with Crippen LogP contribution in [0.4, 0.5) is 5.69 Å². The third-order valence-corrected chi connectivity index (χ3v) is 3.15. The number of amides is 1. The number of rotatable bonds is 3. The molecule has 0 atom stereocenters. The maximum atomic E-state index is 12.1. The van der Waals surface area contributed by atoms with Gasteiger partial charge in [-0.05, 0) is 30.7 Å². The summed E-state index contributed by atoms with van der Waals surface area (Å²) < 4.78 is 0. The molecule has 1 aromatic heterocycles. The first-order valence-corrected chi connectivity index (χ1v) is 6.48. The molecule has 0 aliphatic heterocycles. The van der Waals surface area contributed by atoms with Gasteiger partial charge in [0.05, 0.1) is 11.1 Å². The predicted molar refractivity (Wildman–Crippen MR) is 78.1 cm³/mol. The molecule has 0 fully saturated rings. The van der Waals surface area contributed by atoms with Gasteiger partial charge in [0.15, 0.2) is 10.3 Å². The fourth-order valence-electron chi connectivity index (χ4n) is 1.64. The van der Waals surface area contributed by atoms with Crippen molar-refractivity contribution in [2.75, 3.05) is 5.32 Å². The van der Waals surface area contributed by atoms with Gasteiger partial charge in [0.25, 0.3) is 5.91 Å². The lowest BCUT2D eigenvalue weighted by molar-refractivity contribution is 0.0695. The van der Waals surface area contributed by atoms with Crippen LogP contribution in [0.2, 0.25) is 10.3 Å². The number of hydrogen-bond donors (Lipinski definition) is 2. The standard InChI is InChI=1S/C13H9Cl2N3O3/c1-6-2-3-7(4-8(6)13(20)21)16-12(19)9-5-10(14)17-18-11(9)15/h2-5H,1H3,(H,16,19)(H,20,21). The van der Waals surface area contributed by atoms with Crippen LogP contribution in [-0.2, 0) is 0 Å². The smallest absolute Gasteiger partial charge is 0.336 e. The number of anilines is 1. The van der Waals surface area contributed by atoms with E-state index in [1.54, 1.807) is 19.1 Å². The summed E-state index contributed by atoms with van der Waals surface area (Å²) in [5.41, 5.74) is 1.07. The van der Waals surface area contributed by atoms with Gasteiger partial charge in [-0.2, -0.15) is 0 Å². The molecule has 8 heteroatoms. The predicted octanol–water partition coefficient (Wildman–Crippen LogP) is 3.04. The van der Waals surface area contributed by atoms with E-state index in [1.165, 1.54) is 12.1 Å². The SMILES string of the molecule is Cc1ccc(NC(=O)c2cc(Cl)nnc2Cl)cc1C(=O)O. The van der Waals surface area contributed by atoms with Crippen LogP contribution in [0.25, 0.3) is 0 Å². The van der Waals surface area contributed by atoms with Crippen molar-refractivity contribution in [1.82, 2.24) is 10.2 Å². The summed E-state index contributed by atoms with van der Waals surface area (Å²) in [6.45, 7) is 1.67. The van der Waals surface area contributed by atoms with Crippen molar-refractivity contribution in [3.8, 4) is 0 Å². The second kappa shape index (κ2) is 6.07. The lowest BCUT2D eigenvalue weighted by Gasteiger charge is -2.08. The normalized spacial score (nSPS) is 10.2. The van der Waals surface area contributed by atoms with E-state index in [2.05, 4.69) is 15.5 Å². The van der Waals surface area contributed by atoms with Crippen LogP contribution in [0, 0.1) is 6.92 Å². The molecular weight excluding hydrogens is 317 g/mol. The Kier molecular flexibility index (Phi) is 4.40. The minimum Gasteiger partial charge on any atom is -0.478 e. The molecule has 0 radical (unpaired) electrons. The largest absolute Gasteiger partial charge is 0.478 e. The maximum absolute atomic E-state index is 12.1. The molecule has 0 saturated carbocycles. The van der Waals surface area contributed by atoms with Crippen molar-refractivity contribution < 1.29 is 14.7 Å². The number of carbonyl (C=O) groups excluding carboxylic acids is 1. The summed E-state index contributed by atoms with van der Waals surface area (Å²) in [5.74, 6) is -1.63. The maximum Gasteiger partial charge on any atom is 0.336 e. The van der Waals surface area contributed by atoms with Gasteiger partial charge in [-0.3, -0.25) is 4.79 Å². The van der Waals surface area contributed by atoms with Gasteiger partial charge in [0, 0.05) is 5.69 Å². The molecule has 0 spiro atoms. The highest BCUT2D eigenvalue weighted by atomic mass is 35.5. The Hall–Kier alpha value is -2.18. The van der Waals surface area contributed by atoms with Gasteiger partial charge < -0.3 is 10.4 Å². The minimum absolute atomic E-state index is 0.0275. The van der Waals surface area contributed by atoms with E-state index in [-0.39, 0.29) is 21.4 Å². The van der Waals surface area contributed by atoms with Gasteiger partial charge in [-0.25, -0.2) is 4.79 Å². The highest BCUT2D eigenvalue weighted by Gasteiger charge is 2.15. The topological polar surface area (TPSA) is 92.2 Å². The van der Waals surface area contributed by atoms with E-state index in [0.717, 1.165) is 0 Å². The van der Waals surface area contributed by atoms with Gasteiger partial charge in [-0.1, -0.05) is 29.3 Å². The first kappa shape index (κ1) is 15.2. The molecular formula is C13H9Cl2N3O3. The number of carboxylic acids is 1. The Morgan fingerprint density at radius 3 is 2.52 bits per heavy atom. The second-order valence-corrected chi connectivity index (χ2v) is 4.91. The van der Waals surface area contributed by atoms with Crippen LogP contribution in [0.15, 0.2) is 24.3 Å². The van der Waals surface area contributed by atoms with Crippen molar-refractivity contribution in [2.45, 2.75) is 6.92 Å². The Morgan fingerprint density at radius 2 is 1.86 bits per heavy atom. The van der Waals surface area contributed by atoms with E-state index in [9.17, 15) is 9.59 Å². The van der Waals surface area contributed by atoms with Crippen LogP contribution >= 0.6 is 23.2 Å². The Bertz CT molecular complexity index is 735. The number of aryl methyl sites for hydroxylation is 1. The van der Waals surface area contributed by atoms with E-state index in [4.69, 9.17) is 28.3 Å². The molecule has 0 saturated heterocycles. The number of hydrogen-bond acceptors (Lipinski definition) is 4. The summed E-state index contributed by atoms with van der Waals surface area (Å²) in [5, 5.41) is 18.6. The van der Waals surface area contributed by atoms with Gasteiger partial charge in [0.2, 0.25) is 0 Å². The lowest BCUT2D eigenvalue weighted by atomic mass is 10.1. The number of benzene rings is 1. The zero-order valence-electron chi connectivity index (χ0n) is 10.7. The number of nitrogens with zero attached hydrogens (tertiary/aromatic N) is 2. The molecule has 2 aromatic rings. The summed E-state index contributed by atoms with van der Waals surface area (Å²) in [4.78, 5) is 23.1. The number of aromatic nitrogens is 2. The van der Waals surface area contributed by atoms with Crippen LogP contribution in [0.1, 0.15) is 26.3 Å². The zero-order valence-corrected chi connectivity index (χ0v) is 12.2. The molecule has 2 rings (SSSR count). The van der Waals surface area contributed by atoms with Crippen molar-refractivity contribution >= 4 is 40.8 Å². The van der Waals surface area contributed by atoms with Crippen molar-refractivity contribution in [3.63, 3.8) is 0 Å². The highest BCUT2D eigenvalue weighted by molar-refractivity contribution is 6.34. The lowest BCUT2D eigenvalue weighted by Crippen LogP contribution is -2.14. The van der Waals surface area contributed by atoms with E-state index in [1.807, 2.05) is 0 Å². The van der Waals surface area contributed by atoms with Crippen LogP contribution in [-0.4, -0.2) is 27.2 Å². The number of nitrogens with one attached hydrogen (secondary N) is 1. The average Bonchev–Trinajstić information content (AvgIpc) is 2.43. The number of halogens is 2. The van der Waals surface area contributed by atoms with Crippen LogP contribution in [0.3, 0.4) is 0 Å². The molecule has 0 aliphatic rings. The van der Waals surface area contributed by atoms with Crippen molar-refractivity contribution in [1.29, 1.82) is 0 Å². The first-order valence-electron chi connectivity index (χ1n) is 5.72. The number of carbonyl (C=O) groups is 2. The third kappa shape index (κ3) is 3.48. The Labute approximate surface area is 129 Å². The van der Waals surface area contributed by atoms with Crippen LogP contribution < -0.4 is 5.32 Å². The first-order chi connectivity index (χ1) is 9.88. The van der Waals surface area contributed by atoms with E-state index < -0.39 is 11.9 Å². The van der Waals surface area contributed by atoms with Gasteiger partial charge in [0.1, 0.15) is 0 Å². The van der Waals surface area contributed by atoms with Gasteiger partial charge in [-0.15, -0.1) is 10.2 Å². The van der Waals surface area contributed by atoms with Gasteiger partial charge >= 0.3 is 5.97 Å². The highest BCUT2D eigenvalue weighted by Crippen LogP contribution is 2.19. The Morgan fingerprint density at radius 1 is 1.14 bits per heavy atom. The molecule has 21 heavy (non-hydrogen) atoms. The minimum atomic E-state index is -1.07. The fourth-order valence-corrected chi connectivity index (χ4v) is 1.97. The van der Waals surface area contributed by atoms with E-state index >= 15 is 0 Å².